The van der Waals surface area contributed by atoms with Crippen LogP contribution in [0.2, 0.25) is 5.02 Å². The lowest BCUT2D eigenvalue weighted by Gasteiger charge is -2.26. The van der Waals surface area contributed by atoms with E-state index in [9.17, 15) is 5.11 Å². The van der Waals surface area contributed by atoms with Gasteiger partial charge in [-0.05, 0) is 62.9 Å². The molecule has 3 heteroatoms. The van der Waals surface area contributed by atoms with E-state index in [1.54, 1.807) is 0 Å². The Balaban J connectivity index is 2.45. The number of halogens is 1. The molecule has 0 aliphatic carbocycles. The summed E-state index contributed by atoms with van der Waals surface area (Å²) < 4.78 is 0. The van der Waals surface area contributed by atoms with E-state index in [2.05, 4.69) is 5.32 Å². The van der Waals surface area contributed by atoms with Gasteiger partial charge in [-0.25, -0.2) is 0 Å². The predicted octanol–water partition coefficient (Wildman–Crippen LogP) is 3.13. The topological polar surface area (TPSA) is 32.3 Å². The summed E-state index contributed by atoms with van der Waals surface area (Å²) in [6.07, 6.45) is 2.16. The second-order valence-electron chi connectivity index (χ2n) is 4.59. The number of benzene rings is 1. The van der Waals surface area contributed by atoms with E-state index >= 15 is 0 Å². The molecule has 1 fully saturated rings. The molecular formula is C13H18ClNO. The van der Waals surface area contributed by atoms with Gasteiger partial charge in [-0.15, -0.1) is 0 Å². The average molecular weight is 240 g/mol. The minimum atomic E-state index is 0.439. The smallest absolute Gasteiger partial charge is 0.122 e. The van der Waals surface area contributed by atoms with Gasteiger partial charge >= 0.3 is 0 Å². The van der Waals surface area contributed by atoms with E-state index in [0.717, 1.165) is 47.6 Å². The highest BCUT2D eigenvalue weighted by molar-refractivity contribution is 6.31. The third-order valence-corrected chi connectivity index (χ3v) is 3.87. The molecule has 1 aromatic rings. The molecule has 0 spiro atoms. The van der Waals surface area contributed by atoms with Crippen molar-refractivity contribution in [3.8, 4) is 5.75 Å². The third-order valence-electron chi connectivity index (χ3n) is 3.48. The minimum absolute atomic E-state index is 0.439. The normalized spacial score (nSPS) is 17.7. The summed E-state index contributed by atoms with van der Waals surface area (Å²) in [5, 5.41) is 14.3. The number of nitrogens with one attached hydrogen (secondary N) is 1. The van der Waals surface area contributed by atoms with Crippen molar-refractivity contribution < 1.29 is 5.11 Å². The molecule has 0 radical (unpaired) electrons. The van der Waals surface area contributed by atoms with Gasteiger partial charge in [-0.3, -0.25) is 0 Å². The minimum Gasteiger partial charge on any atom is -0.507 e. The van der Waals surface area contributed by atoms with Crippen LogP contribution in [0, 0.1) is 13.8 Å². The zero-order valence-corrected chi connectivity index (χ0v) is 10.6. The highest BCUT2D eigenvalue weighted by atomic mass is 35.5. The fraction of sp³-hybridized carbons (Fsp3) is 0.538. The van der Waals surface area contributed by atoms with Crippen LogP contribution in [0.15, 0.2) is 6.07 Å². The van der Waals surface area contributed by atoms with Crippen molar-refractivity contribution in [3.05, 3.63) is 27.8 Å². The molecule has 0 unspecified atom stereocenters. The van der Waals surface area contributed by atoms with Gasteiger partial charge in [0.2, 0.25) is 0 Å². The summed E-state index contributed by atoms with van der Waals surface area (Å²) in [5.74, 6) is 0.882. The Hall–Kier alpha value is -0.730. The number of aryl methyl sites for hydroxylation is 1. The lowest BCUT2D eigenvalue weighted by Crippen LogP contribution is -2.27. The quantitative estimate of drug-likeness (QED) is 0.789. The summed E-state index contributed by atoms with van der Waals surface area (Å²) >= 11 is 6.18. The number of phenolic OH excluding ortho intramolecular Hbond substituents is 1. The summed E-state index contributed by atoms with van der Waals surface area (Å²) in [6, 6.07) is 1.84. The molecule has 1 aliphatic heterocycles. The molecule has 1 aliphatic rings. The second-order valence-corrected chi connectivity index (χ2v) is 4.99. The van der Waals surface area contributed by atoms with Gasteiger partial charge in [0.1, 0.15) is 5.75 Å². The van der Waals surface area contributed by atoms with Crippen molar-refractivity contribution in [1.29, 1.82) is 0 Å². The Morgan fingerprint density at radius 3 is 2.56 bits per heavy atom. The monoisotopic (exact) mass is 239 g/mol. The first-order valence-electron chi connectivity index (χ1n) is 5.80. The van der Waals surface area contributed by atoms with E-state index in [-0.39, 0.29) is 0 Å². The van der Waals surface area contributed by atoms with Gasteiger partial charge < -0.3 is 10.4 Å². The van der Waals surface area contributed by atoms with Crippen molar-refractivity contribution in [2.75, 3.05) is 13.1 Å². The summed E-state index contributed by atoms with van der Waals surface area (Å²) in [4.78, 5) is 0. The van der Waals surface area contributed by atoms with Crippen LogP contribution >= 0.6 is 11.6 Å². The molecule has 16 heavy (non-hydrogen) atoms. The number of piperidine rings is 1. The molecule has 0 aromatic heterocycles. The standard InChI is InChI=1S/C13H18ClNO/c1-8-7-11(14)9(2)12(13(8)16)10-3-5-15-6-4-10/h7,10,15-16H,3-6H2,1-2H3. The van der Waals surface area contributed by atoms with Crippen LogP contribution in [0.1, 0.15) is 35.4 Å². The SMILES string of the molecule is Cc1cc(Cl)c(C)c(C2CCNCC2)c1O. The molecular weight excluding hydrogens is 222 g/mol. The lowest BCUT2D eigenvalue weighted by atomic mass is 9.85. The van der Waals surface area contributed by atoms with Crippen molar-refractivity contribution in [1.82, 2.24) is 5.32 Å². The molecule has 0 saturated carbocycles. The Morgan fingerprint density at radius 2 is 1.94 bits per heavy atom. The van der Waals surface area contributed by atoms with Gasteiger partial charge in [-0.2, -0.15) is 0 Å². The molecule has 0 atom stereocenters. The van der Waals surface area contributed by atoms with Crippen LogP contribution in [-0.4, -0.2) is 18.2 Å². The van der Waals surface area contributed by atoms with Gasteiger partial charge in [0.15, 0.2) is 0 Å². The molecule has 2 nitrogen and oxygen atoms in total. The maximum Gasteiger partial charge on any atom is 0.122 e. The number of phenols is 1. The van der Waals surface area contributed by atoms with Gasteiger partial charge in [-0.1, -0.05) is 11.6 Å². The number of aromatic hydroxyl groups is 1. The van der Waals surface area contributed by atoms with Crippen LogP contribution in [0.5, 0.6) is 5.75 Å². The Labute approximate surface area is 102 Å². The summed E-state index contributed by atoms with van der Waals surface area (Å²) in [6.45, 7) is 5.95. The maximum atomic E-state index is 10.2. The van der Waals surface area contributed by atoms with Crippen LogP contribution in [0.25, 0.3) is 0 Å². The van der Waals surface area contributed by atoms with Gasteiger partial charge in [0.25, 0.3) is 0 Å². The zero-order chi connectivity index (χ0) is 11.7. The highest BCUT2D eigenvalue weighted by Gasteiger charge is 2.22. The fourth-order valence-corrected chi connectivity index (χ4v) is 2.76. The van der Waals surface area contributed by atoms with E-state index in [4.69, 9.17) is 11.6 Å². The largest absolute Gasteiger partial charge is 0.507 e. The van der Waals surface area contributed by atoms with Crippen molar-refractivity contribution in [2.24, 2.45) is 0 Å². The Bertz CT molecular complexity index is 371. The van der Waals surface area contributed by atoms with E-state index in [0.29, 0.717) is 11.7 Å². The van der Waals surface area contributed by atoms with Crippen LogP contribution in [0.3, 0.4) is 0 Å². The molecule has 1 saturated heterocycles. The predicted molar refractivity (Wildman–Crippen MR) is 67.4 cm³/mol. The highest BCUT2D eigenvalue weighted by Crippen LogP contribution is 2.39. The maximum absolute atomic E-state index is 10.2. The Morgan fingerprint density at radius 1 is 1.31 bits per heavy atom. The molecule has 0 amide bonds. The lowest BCUT2D eigenvalue weighted by molar-refractivity contribution is 0.421. The van der Waals surface area contributed by atoms with Crippen LogP contribution < -0.4 is 5.32 Å². The van der Waals surface area contributed by atoms with Crippen molar-refractivity contribution in [3.63, 3.8) is 0 Å². The van der Waals surface area contributed by atoms with Crippen LogP contribution in [0.4, 0.5) is 0 Å². The van der Waals surface area contributed by atoms with Gasteiger partial charge in [0.05, 0.1) is 0 Å². The first-order valence-corrected chi connectivity index (χ1v) is 6.18. The fourth-order valence-electron chi connectivity index (χ4n) is 2.50. The molecule has 88 valence electrons. The third kappa shape index (κ3) is 2.04. The van der Waals surface area contributed by atoms with Crippen LogP contribution in [-0.2, 0) is 0 Å². The van der Waals surface area contributed by atoms with E-state index in [1.807, 2.05) is 19.9 Å². The Kier molecular flexibility index (Phi) is 3.41. The number of rotatable bonds is 1. The molecule has 2 rings (SSSR count). The van der Waals surface area contributed by atoms with Crippen molar-refractivity contribution in [2.45, 2.75) is 32.6 Å². The molecule has 1 aromatic carbocycles. The average Bonchev–Trinajstić information content (AvgIpc) is 2.28. The first kappa shape index (κ1) is 11.7. The molecule has 2 N–H and O–H groups in total. The zero-order valence-electron chi connectivity index (χ0n) is 9.81. The summed E-state index contributed by atoms with van der Waals surface area (Å²) in [5.41, 5.74) is 2.98. The number of hydrogen-bond donors (Lipinski definition) is 2. The summed E-state index contributed by atoms with van der Waals surface area (Å²) in [7, 11) is 0. The van der Waals surface area contributed by atoms with Gasteiger partial charge in [0, 0.05) is 10.6 Å². The van der Waals surface area contributed by atoms with E-state index < -0.39 is 0 Å². The molecule has 1 heterocycles. The number of hydrogen-bond acceptors (Lipinski definition) is 2. The van der Waals surface area contributed by atoms with Crippen molar-refractivity contribution >= 4 is 11.6 Å². The van der Waals surface area contributed by atoms with E-state index in [1.165, 1.54) is 0 Å². The second kappa shape index (κ2) is 4.64. The molecule has 0 bridgehead atoms. The first-order chi connectivity index (χ1) is 7.61.